The third-order valence-electron chi connectivity index (χ3n) is 4.89. The molecule has 0 radical (unpaired) electrons. The molecule has 1 aromatic heterocycles. The van der Waals surface area contributed by atoms with Crippen LogP contribution in [0, 0.1) is 6.92 Å². The number of pyridine rings is 1. The Kier molecular flexibility index (Phi) is 3.79. The van der Waals surface area contributed by atoms with Gasteiger partial charge in [0.2, 0.25) is 5.69 Å². The van der Waals surface area contributed by atoms with E-state index in [2.05, 4.69) is 52.8 Å². The molecule has 0 N–H and O–H groups in total. The average Bonchev–Trinajstić information content (AvgIpc) is 2.60. The molecule has 0 unspecified atom stereocenters. The predicted octanol–water partition coefficient (Wildman–Crippen LogP) is 5.89. The zero-order chi connectivity index (χ0) is 19.2. The van der Waals surface area contributed by atoms with Crippen molar-refractivity contribution >= 4 is 10.8 Å². The lowest BCUT2D eigenvalue weighted by Gasteiger charge is -2.18. The van der Waals surface area contributed by atoms with Crippen LogP contribution in [0.2, 0.25) is 0 Å². The molecule has 0 bridgehead atoms. The lowest BCUT2D eigenvalue weighted by Crippen LogP contribution is -2.31. The fourth-order valence-corrected chi connectivity index (χ4v) is 3.44. The Balaban J connectivity index is 2.48. The van der Waals surface area contributed by atoms with Crippen LogP contribution in [0.15, 0.2) is 48.6 Å². The zero-order valence-electron chi connectivity index (χ0n) is 17.6. The Bertz CT molecular complexity index is 987. The summed E-state index contributed by atoms with van der Waals surface area (Å²) in [5, 5.41) is 1.88. The highest BCUT2D eigenvalue weighted by atomic mass is 14.9. The largest absolute Gasteiger partial charge is 0.220 e. The summed E-state index contributed by atoms with van der Waals surface area (Å²) >= 11 is 0. The Morgan fingerprint density at radius 3 is 2.38 bits per heavy atom. The van der Waals surface area contributed by atoms with Gasteiger partial charge < -0.3 is 0 Å². The number of benzene rings is 2. The van der Waals surface area contributed by atoms with Gasteiger partial charge in [-0.2, -0.15) is 0 Å². The van der Waals surface area contributed by atoms with Crippen molar-refractivity contribution in [3.8, 4) is 11.3 Å². The van der Waals surface area contributed by atoms with E-state index >= 15 is 0 Å². The van der Waals surface area contributed by atoms with E-state index in [9.17, 15) is 0 Å². The fourth-order valence-electron chi connectivity index (χ4n) is 3.44. The summed E-state index contributed by atoms with van der Waals surface area (Å²) < 4.78 is 18.7. The Morgan fingerprint density at radius 2 is 1.71 bits per heavy atom. The van der Waals surface area contributed by atoms with Gasteiger partial charge in [-0.3, -0.25) is 0 Å². The van der Waals surface area contributed by atoms with Gasteiger partial charge in [-0.1, -0.05) is 52.0 Å². The molecule has 0 aliphatic rings. The van der Waals surface area contributed by atoms with Crippen LogP contribution in [0.25, 0.3) is 22.0 Å². The topological polar surface area (TPSA) is 3.88 Å². The van der Waals surface area contributed by atoms with Crippen LogP contribution in [0.1, 0.15) is 59.0 Å². The first kappa shape index (κ1) is 14.2. The van der Waals surface area contributed by atoms with Crippen LogP contribution in [0.4, 0.5) is 0 Å². The lowest BCUT2D eigenvalue weighted by molar-refractivity contribution is -0.659. The van der Waals surface area contributed by atoms with E-state index in [4.69, 9.17) is 2.74 Å². The Hall–Kier alpha value is -2.15. The smallest absolute Gasteiger partial charge is 0.200 e. The van der Waals surface area contributed by atoms with Crippen LogP contribution in [-0.2, 0) is 7.05 Å². The zero-order valence-corrected chi connectivity index (χ0v) is 15.6. The summed E-state index contributed by atoms with van der Waals surface area (Å²) in [5.41, 5.74) is 6.15. The van der Waals surface area contributed by atoms with Gasteiger partial charge in [0.25, 0.3) is 0 Å². The van der Waals surface area contributed by atoms with E-state index in [1.54, 1.807) is 0 Å². The van der Waals surface area contributed by atoms with Gasteiger partial charge in [-0.05, 0) is 53.0 Å². The highest BCUT2D eigenvalue weighted by molar-refractivity contribution is 5.93. The normalized spacial score (nSPS) is 12.8. The van der Waals surface area contributed by atoms with E-state index in [0.29, 0.717) is 11.8 Å². The van der Waals surface area contributed by atoms with Crippen LogP contribution in [0.5, 0.6) is 0 Å². The maximum absolute atomic E-state index is 8.44. The Morgan fingerprint density at radius 1 is 1.00 bits per heavy atom. The molecule has 1 heterocycles. The SMILES string of the molecule is [2H]c1c([2H])[n+](C)c(-c2cc(C(C)C)cc(C(C)C)c2C)c2ccccc12. The van der Waals surface area contributed by atoms with Crippen molar-refractivity contribution in [3.63, 3.8) is 0 Å². The van der Waals surface area contributed by atoms with E-state index in [1.807, 2.05) is 29.8 Å². The van der Waals surface area contributed by atoms with Crippen molar-refractivity contribution in [2.45, 2.75) is 46.5 Å². The molecule has 3 aromatic rings. The minimum atomic E-state index is 0.249. The minimum Gasteiger partial charge on any atom is -0.200 e. The van der Waals surface area contributed by atoms with Crippen molar-refractivity contribution in [3.05, 3.63) is 65.3 Å². The third-order valence-corrected chi connectivity index (χ3v) is 4.89. The molecule has 2 aromatic carbocycles. The molecule has 0 saturated heterocycles. The molecular formula is C23H28N+. The molecule has 1 nitrogen and oxygen atoms in total. The van der Waals surface area contributed by atoms with Crippen LogP contribution in [0.3, 0.4) is 0 Å². The lowest BCUT2D eigenvalue weighted by atomic mass is 9.86. The number of rotatable bonds is 3. The standard InChI is InChI=1S/C23H28N/c1-15(2)19-13-21(16(3)4)17(5)22(14-19)23-20-10-8-7-9-18(20)11-12-24(23)6/h7-16H,1-6H3/q+1/i11D,12D. The highest BCUT2D eigenvalue weighted by Crippen LogP contribution is 2.34. The van der Waals surface area contributed by atoms with Gasteiger partial charge in [-0.25, -0.2) is 4.57 Å². The van der Waals surface area contributed by atoms with Crippen molar-refractivity contribution in [1.29, 1.82) is 0 Å². The number of aromatic nitrogens is 1. The summed E-state index contributed by atoms with van der Waals surface area (Å²) in [6.45, 7) is 11.1. The van der Waals surface area contributed by atoms with Gasteiger partial charge in [0.05, 0.1) is 12.3 Å². The fraction of sp³-hybridized carbons (Fsp3) is 0.348. The predicted molar refractivity (Wildman–Crippen MR) is 103 cm³/mol. The summed E-state index contributed by atoms with van der Waals surface area (Å²) in [7, 11) is 1.90. The van der Waals surface area contributed by atoms with Crippen molar-refractivity contribution < 1.29 is 7.31 Å². The van der Waals surface area contributed by atoms with Gasteiger partial charge >= 0.3 is 0 Å². The maximum Gasteiger partial charge on any atom is 0.220 e. The molecule has 0 atom stereocenters. The average molecular weight is 320 g/mol. The number of fused-ring (bicyclic) bond motifs is 1. The molecule has 0 spiro atoms. The minimum absolute atomic E-state index is 0.249. The first-order valence-corrected chi connectivity index (χ1v) is 8.76. The summed E-state index contributed by atoms with van der Waals surface area (Å²) in [4.78, 5) is 0. The molecule has 0 aliphatic heterocycles. The van der Waals surface area contributed by atoms with E-state index in [-0.39, 0.29) is 12.2 Å². The molecule has 3 rings (SSSR count). The first-order valence-electron chi connectivity index (χ1n) is 9.76. The summed E-state index contributed by atoms with van der Waals surface area (Å²) in [6.07, 6.45) is 0.249. The van der Waals surface area contributed by atoms with Crippen LogP contribution in [-0.4, -0.2) is 0 Å². The maximum atomic E-state index is 8.44. The quantitative estimate of drug-likeness (QED) is 0.530. The first-order chi connectivity index (χ1) is 12.2. The Labute approximate surface area is 148 Å². The molecule has 0 saturated carbocycles. The van der Waals surface area contributed by atoms with Crippen molar-refractivity contribution in [1.82, 2.24) is 0 Å². The molecule has 124 valence electrons. The second-order valence-corrected chi connectivity index (χ2v) is 7.28. The summed E-state index contributed by atoms with van der Waals surface area (Å²) in [6, 6.07) is 12.9. The molecule has 0 amide bonds. The molecule has 24 heavy (non-hydrogen) atoms. The molecule has 1 heteroatoms. The van der Waals surface area contributed by atoms with Crippen molar-refractivity contribution in [2.24, 2.45) is 7.05 Å². The van der Waals surface area contributed by atoms with Crippen molar-refractivity contribution in [2.75, 3.05) is 0 Å². The molecule has 0 aliphatic carbocycles. The van der Waals surface area contributed by atoms with E-state index < -0.39 is 0 Å². The number of nitrogens with zero attached hydrogens (tertiary/aromatic N) is 1. The van der Waals surface area contributed by atoms with Gasteiger partial charge in [0.15, 0.2) is 6.17 Å². The van der Waals surface area contributed by atoms with Crippen LogP contribution >= 0.6 is 0 Å². The second-order valence-electron chi connectivity index (χ2n) is 7.28. The summed E-state index contributed by atoms with van der Waals surface area (Å²) in [5.74, 6) is 0.879. The monoisotopic (exact) mass is 320 g/mol. The molecular weight excluding hydrogens is 290 g/mol. The second kappa shape index (κ2) is 6.39. The molecule has 0 fully saturated rings. The van der Waals surface area contributed by atoms with Gasteiger partial charge in [0, 0.05) is 6.04 Å². The number of hydrogen-bond donors (Lipinski definition) is 0. The van der Waals surface area contributed by atoms with Crippen LogP contribution < -0.4 is 4.57 Å². The van der Waals surface area contributed by atoms with E-state index in [1.165, 1.54) is 22.3 Å². The van der Waals surface area contributed by atoms with E-state index in [0.717, 1.165) is 16.5 Å². The van der Waals surface area contributed by atoms with Gasteiger partial charge in [-0.15, -0.1) is 0 Å². The van der Waals surface area contributed by atoms with Gasteiger partial charge in [0.1, 0.15) is 8.42 Å². The third kappa shape index (κ3) is 2.84. The number of hydrogen-bond acceptors (Lipinski definition) is 0. The highest BCUT2D eigenvalue weighted by Gasteiger charge is 2.21.